The summed E-state index contributed by atoms with van der Waals surface area (Å²) in [5, 5.41) is 4.43. The molecule has 1 N–H and O–H groups in total. The molecular formula is C30H32ClN3O. The summed E-state index contributed by atoms with van der Waals surface area (Å²) >= 11 is 6.35. The molecule has 3 aliphatic rings. The van der Waals surface area contributed by atoms with Crippen LogP contribution in [0.4, 0.5) is 5.69 Å². The van der Waals surface area contributed by atoms with Crippen molar-refractivity contribution in [2.45, 2.75) is 38.3 Å². The van der Waals surface area contributed by atoms with Crippen LogP contribution >= 0.6 is 11.6 Å². The largest absolute Gasteiger partial charge is 0.493 e. The fraction of sp³-hybridized carbons (Fsp3) is 0.333. The van der Waals surface area contributed by atoms with Crippen molar-refractivity contribution in [1.29, 1.82) is 0 Å². The van der Waals surface area contributed by atoms with Crippen LogP contribution in [0.5, 0.6) is 5.75 Å². The van der Waals surface area contributed by atoms with E-state index < -0.39 is 0 Å². The highest BCUT2D eigenvalue weighted by Gasteiger charge is 2.33. The molecular weight excluding hydrogens is 454 g/mol. The Morgan fingerprint density at radius 2 is 1.77 bits per heavy atom. The molecule has 35 heavy (non-hydrogen) atoms. The fourth-order valence-corrected chi connectivity index (χ4v) is 5.97. The van der Waals surface area contributed by atoms with E-state index in [9.17, 15) is 0 Å². The average molecular weight is 486 g/mol. The zero-order valence-electron chi connectivity index (χ0n) is 20.2. The Hall–Kier alpha value is -2.95. The number of anilines is 1. The molecule has 4 nitrogen and oxygen atoms in total. The van der Waals surface area contributed by atoms with Gasteiger partial charge in [-0.2, -0.15) is 0 Å². The first kappa shape index (κ1) is 22.5. The molecule has 1 saturated heterocycles. The van der Waals surface area contributed by atoms with Crippen molar-refractivity contribution < 1.29 is 4.74 Å². The molecule has 4 aromatic rings. The predicted octanol–water partition coefficient (Wildman–Crippen LogP) is 6.96. The molecule has 5 heteroatoms. The van der Waals surface area contributed by atoms with Gasteiger partial charge < -0.3 is 14.6 Å². The van der Waals surface area contributed by atoms with E-state index in [1.165, 1.54) is 16.5 Å². The summed E-state index contributed by atoms with van der Waals surface area (Å²) in [5.41, 5.74) is 3.41. The molecule has 180 valence electrons. The zero-order chi connectivity index (χ0) is 23.8. The van der Waals surface area contributed by atoms with Crippen LogP contribution in [0.25, 0.3) is 21.7 Å². The Morgan fingerprint density at radius 3 is 2.66 bits per heavy atom. The number of hydrogen-bond donors (Lipinski definition) is 1. The van der Waals surface area contributed by atoms with Crippen molar-refractivity contribution in [3.8, 4) is 5.75 Å². The monoisotopic (exact) mass is 485 g/mol. The summed E-state index contributed by atoms with van der Waals surface area (Å²) in [7, 11) is 0. The van der Waals surface area contributed by atoms with Gasteiger partial charge >= 0.3 is 0 Å². The van der Waals surface area contributed by atoms with Crippen molar-refractivity contribution in [2.24, 2.45) is 0 Å². The molecule has 1 fully saturated rings. The first-order chi connectivity index (χ1) is 17.2. The number of aromatic amines is 1. The third-order valence-corrected chi connectivity index (χ3v) is 7.86. The maximum Gasteiger partial charge on any atom is 0.128 e. The minimum atomic E-state index is 0.503. The van der Waals surface area contributed by atoms with Gasteiger partial charge in [-0.15, -0.1) is 0 Å². The molecule has 3 aliphatic heterocycles. The Balaban J connectivity index is 1.11. The first-order valence-electron chi connectivity index (χ1n) is 12.7. The first-order valence-corrected chi connectivity index (χ1v) is 13.1. The Bertz CT molecular complexity index is 1380. The van der Waals surface area contributed by atoms with Crippen molar-refractivity contribution in [3.05, 3.63) is 83.5 Å². The highest BCUT2D eigenvalue weighted by molar-refractivity contribution is 6.35. The van der Waals surface area contributed by atoms with Crippen LogP contribution in [0.3, 0.4) is 0 Å². The smallest absolute Gasteiger partial charge is 0.128 e. The van der Waals surface area contributed by atoms with Crippen molar-refractivity contribution in [1.82, 2.24) is 9.88 Å². The topological polar surface area (TPSA) is 31.5 Å². The molecule has 0 spiro atoms. The number of hydrogen-bond acceptors (Lipinski definition) is 3. The molecule has 0 aliphatic carbocycles. The number of rotatable bonds is 6. The van der Waals surface area contributed by atoms with Gasteiger partial charge in [-0.25, -0.2) is 0 Å². The molecule has 7 rings (SSSR count). The van der Waals surface area contributed by atoms with Crippen LogP contribution in [-0.2, 0) is 0 Å². The Kier molecular flexibility index (Phi) is 6.17. The lowest BCUT2D eigenvalue weighted by molar-refractivity contribution is 0.137. The van der Waals surface area contributed by atoms with Gasteiger partial charge in [0.15, 0.2) is 0 Å². The molecule has 0 radical (unpaired) electrons. The van der Waals surface area contributed by atoms with Gasteiger partial charge in [-0.1, -0.05) is 54.1 Å². The average Bonchev–Trinajstić information content (AvgIpc) is 3.26. The number of aromatic nitrogens is 1. The molecule has 4 heterocycles. The summed E-state index contributed by atoms with van der Waals surface area (Å²) in [6, 6.07) is 22.6. The van der Waals surface area contributed by atoms with Gasteiger partial charge in [-0.05, 0) is 67.3 Å². The fourth-order valence-electron chi connectivity index (χ4n) is 5.76. The van der Waals surface area contributed by atoms with Crippen LogP contribution in [0.15, 0.2) is 72.8 Å². The van der Waals surface area contributed by atoms with E-state index in [1.54, 1.807) is 0 Å². The summed E-state index contributed by atoms with van der Waals surface area (Å²) in [5.74, 6) is 0.911. The van der Waals surface area contributed by atoms with Crippen LogP contribution < -0.4 is 9.64 Å². The normalized spacial score (nSPS) is 21.4. The van der Waals surface area contributed by atoms with E-state index in [-0.39, 0.29) is 0 Å². The van der Waals surface area contributed by atoms with Crippen LogP contribution in [0, 0.1) is 6.92 Å². The van der Waals surface area contributed by atoms with Crippen LogP contribution in [0.1, 0.15) is 25.0 Å². The summed E-state index contributed by atoms with van der Waals surface area (Å²) < 4.78 is 6.22. The van der Waals surface area contributed by atoms with E-state index in [0.717, 1.165) is 66.3 Å². The van der Waals surface area contributed by atoms with Gasteiger partial charge in [-0.3, -0.25) is 4.90 Å². The Morgan fingerprint density at radius 1 is 0.943 bits per heavy atom. The van der Waals surface area contributed by atoms with Crippen molar-refractivity contribution >= 4 is 39.0 Å². The molecule has 2 atom stereocenters. The third kappa shape index (κ3) is 4.53. The van der Waals surface area contributed by atoms with E-state index >= 15 is 0 Å². The third-order valence-electron chi connectivity index (χ3n) is 7.54. The van der Waals surface area contributed by atoms with Crippen LogP contribution in [-0.4, -0.2) is 48.2 Å². The molecule has 0 saturated carbocycles. The lowest BCUT2D eigenvalue weighted by atomic mass is 9.96. The van der Waals surface area contributed by atoms with E-state index in [1.807, 2.05) is 19.1 Å². The van der Waals surface area contributed by atoms with Gasteiger partial charge in [0.25, 0.3) is 0 Å². The highest BCUT2D eigenvalue weighted by Crippen LogP contribution is 2.33. The standard InChI is InChI=1S/C30H32ClN3O/c1-21-17-27-29(14-13-28(31)30(27)32-21)35-16-6-15-33-19-26-10-5-4-9-25(33)20-34(26)24-12-11-22-7-2-3-8-23(22)18-24/h2-5,7-8,11-14,17-18,25-26,32H,6,9-10,15-16,19-20H2,1H3/b5-4-/t25?,26-/m0/s1. The van der Waals surface area contributed by atoms with Gasteiger partial charge in [0.1, 0.15) is 5.75 Å². The quantitative estimate of drug-likeness (QED) is 0.236. The van der Waals surface area contributed by atoms with Gasteiger partial charge in [0, 0.05) is 48.5 Å². The number of nitrogens with zero attached hydrogens (tertiary/aromatic N) is 2. The van der Waals surface area contributed by atoms with Gasteiger partial charge in [0.2, 0.25) is 0 Å². The number of halogens is 1. The summed E-state index contributed by atoms with van der Waals surface area (Å²) in [6.07, 6.45) is 7.99. The molecule has 3 aromatic carbocycles. The maximum atomic E-state index is 6.35. The lowest BCUT2D eigenvalue weighted by Gasteiger charge is -2.48. The minimum Gasteiger partial charge on any atom is -0.493 e. The van der Waals surface area contributed by atoms with Gasteiger partial charge in [0.05, 0.1) is 17.1 Å². The number of H-pyrrole nitrogens is 1. The number of aryl methyl sites for hydroxylation is 1. The van der Waals surface area contributed by atoms with E-state index in [4.69, 9.17) is 16.3 Å². The Labute approximate surface area is 212 Å². The van der Waals surface area contributed by atoms with Crippen LogP contribution in [0.2, 0.25) is 5.02 Å². The maximum absolute atomic E-state index is 6.35. The minimum absolute atomic E-state index is 0.503. The number of fused-ring (bicyclic) bond motifs is 6. The molecule has 0 amide bonds. The molecule has 1 aromatic heterocycles. The van der Waals surface area contributed by atoms with Crippen molar-refractivity contribution in [3.63, 3.8) is 0 Å². The summed E-state index contributed by atoms with van der Waals surface area (Å²) in [4.78, 5) is 8.67. The second kappa shape index (κ2) is 9.60. The zero-order valence-corrected chi connectivity index (χ0v) is 21.0. The number of ether oxygens (including phenoxy) is 1. The predicted molar refractivity (Wildman–Crippen MR) is 147 cm³/mol. The van der Waals surface area contributed by atoms with E-state index in [0.29, 0.717) is 18.7 Å². The highest BCUT2D eigenvalue weighted by atomic mass is 35.5. The SMILES string of the molecule is Cc1cc2c(OCCCN3C[C@@H]4C/C=C\CC3CN4c3ccc4ccccc4c3)ccc(Cl)c2[nH]1. The second-order valence-electron chi connectivity index (χ2n) is 9.92. The van der Waals surface area contributed by atoms with E-state index in [2.05, 4.69) is 75.5 Å². The second-order valence-corrected chi connectivity index (χ2v) is 10.3. The number of piperazine rings is 1. The number of nitrogens with one attached hydrogen (secondary N) is 1. The molecule has 1 unspecified atom stereocenters. The summed E-state index contributed by atoms with van der Waals surface area (Å²) in [6.45, 7) is 5.99. The lowest BCUT2D eigenvalue weighted by Crippen LogP contribution is -2.59. The number of benzene rings is 3. The molecule has 2 bridgehead atoms. The van der Waals surface area contributed by atoms with Crippen molar-refractivity contribution in [2.75, 3.05) is 31.1 Å².